The Kier molecular flexibility index (Phi) is 7.17. The minimum Gasteiger partial charge on any atom is -0.497 e. The molecule has 0 saturated carbocycles. The third-order valence-electron chi connectivity index (χ3n) is 5.42. The zero-order valence-electron chi connectivity index (χ0n) is 18.5. The number of hydrogen-bond donors (Lipinski definition) is 2. The van der Waals surface area contributed by atoms with Crippen LogP contribution >= 0.6 is 0 Å². The predicted octanol–water partition coefficient (Wildman–Crippen LogP) is 4.10. The Morgan fingerprint density at radius 2 is 2.00 bits per heavy atom. The molecule has 7 nitrogen and oxygen atoms in total. The van der Waals surface area contributed by atoms with E-state index >= 15 is 0 Å². The van der Waals surface area contributed by atoms with Crippen LogP contribution in [0.3, 0.4) is 0 Å². The van der Waals surface area contributed by atoms with Gasteiger partial charge in [-0.15, -0.1) is 0 Å². The van der Waals surface area contributed by atoms with Crippen LogP contribution in [0.1, 0.15) is 29.3 Å². The van der Waals surface area contributed by atoms with Gasteiger partial charge in [0.05, 0.1) is 39.7 Å². The summed E-state index contributed by atoms with van der Waals surface area (Å²) < 4.78 is 22.1. The number of guanidine groups is 1. The third-order valence-corrected chi connectivity index (χ3v) is 5.42. The fraction of sp³-hybridized carbons (Fsp3) is 0.320. The summed E-state index contributed by atoms with van der Waals surface area (Å²) in [6.07, 6.45) is 3.32. The highest BCUT2D eigenvalue weighted by molar-refractivity contribution is 5.80. The van der Waals surface area contributed by atoms with E-state index in [1.165, 1.54) is 0 Å². The fourth-order valence-electron chi connectivity index (χ4n) is 3.72. The lowest BCUT2D eigenvalue weighted by atomic mass is 10.0. The van der Waals surface area contributed by atoms with Crippen molar-refractivity contribution < 1.29 is 18.6 Å². The molecule has 168 valence electrons. The highest BCUT2D eigenvalue weighted by Gasteiger charge is 2.22. The van der Waals surface area contributed by atoms with Crippen molar-refractivity contribution in [2.75, 3.05) is 27.4 Å². The predicted molar refractivity (Wildman–Crippen MR) is 124 cm³/mol. The van der Waals surface area contributed by atoms with E-state index in [0.717, 1.165) is 52.9 Å². The van der Waals surface area contributed by atoms with Gasteiger partial charge in [0, 0.05) is 36.6 Å². The molecule has 0 aliphatic carbocycles. The Morgan fingerprint density at radius 1 is 1.09 bits per heavy atom. The molecule has 1 unspecified atom stereocenters. The minimum atomic E-state index is 0.118. The van der Waals surface area contributed by atoms with Crippen LogP contribution in [-0.2, 0) is 13.0 Å². The fourth-order valence-corrected chi connectivity index (χ4v) is 3.72. The number of hydrogen-bond acceptors (Lipinski definition) is 5. The Labute approximate surface area is 188 Å². The molecule has 32 heavy (non-hydrogen) atoms. The maximum atomic E-state index is 5.81. The maximum Gasteiger partial charge on any atom is 0.192 e. The first-order valence-electron chi connectivity index (χ1n) is 10.8. The van der Waals surface area contributed by atoms with Gasteiger partial charge in [0.25, 0.3) is 0 Å². The molecule has 1 aliphatic heterocycles. The summed E-state index contributed by atoms with van der Waals surface area (Å²) in [6, 6.07) is 17.9. The van der Waals surface area contributed by atoms with Gasteiger partial charge in [-0.1, -0.05) is 18.2 Å². The van der Waals surface area contributed by atoms with Gasteiger partial charge in [0.1, 0.15) is 23.0 Å². The SMILES string of the molecule is COc1ccc(CN=C(NCCc2ccco2)NC2CCOc3ccccc32)c(OC)c1. The van der Waals surface area contributed by atoms with E-state index in [1.54, 1.807) is 20.5 Å². The summed E-state index contributed by atoms with van der Waals surface area (Å²) in [6.45, 7) is 1.83. The largest absolute Gasteiger partial charge is 0.497 e. The van der Waals surface area contributed by atoms with Crippen LogP contribution in [0.2, 0.25) is 0 Å². The Balaban J connectivity index is 1.51. The molecule has 0 radical (unpaired) electrons. The van der Waals surface area contributed by atoms with Crippen molar-refractivity contribution >= 4 is 5.96 Å². The summed E-state index contributed by atoms with van der Waals surface area (Å²) >= 11 is 0. The standard InChI is InChI=1S/C25H29N3O4/c1-29-20-10-9-18(24(16-20)30-2)17-27-25(26-13-11-19-6-5-14-31-19)28-22-12-15-32-23-8-4-3-7-21(22)23/h3-10,14,16,22H,11-13,15,17H2,1-2H3,(H2,26,27,28). The Morgan fingerprint density at radius 3 is 2.81 bits per heavy atom. The topological polar surface area (TPSA) is 77.2 Å². The molecular weight excluding hydrogens is 406 g/mol. The number of methoxy groups -OCH3 is 2. The molecule has 2 heterocycles. The number of fused-ring (bicyclic) bond motifs is 1. The highest BCUT2D eigenvalue weighted by Crippen LogP contribution is 2.31. The van der Waals surface area contributed by atoms with Gasteiger partial charge in [-0.2, -0.15) is 0 Å². The van der Waals surface area contributed by atoms with Crippen molar-refractivity contribution in [3.63, 3.8) is 0 Å². The second kappa shape index (κ2) is 10.6. The third kappa shape index (κ3) is 5.35. The first-order valence-corrected chi connectivity index (χ1v) is 10.8. The molecule has 0 fully saturated rings. The summed E-state index contributed by atoms with van der Waals surface area (Å²) in [7, 11) is 3.30. The second-order valence-corrected chi connectivity index (χ2v) is 7.47. The van der Waals surface area contributed by atoms with E-state index in [9.17, 15) is 0 Å². The quantitative estimate of drug-likeness (QED) is 0.410. The lowest BCUT2D eigenvalue weighted by Gasteiger charge is -2.28. The summed E-state index contributed by atoms with van der Waals surface area (Å²) in [5.41, 5.74) is 2.12. The van der Waals surface area contributed by atoms with Gasteiger partial charge in [-0.25, -0.2) is 4.99 Å². The number of para-hydroxylation sites is 1. The number of ether oxygens (including phenoxy) is 3. The molecule has 2 aromatic carbocycles. The zero-order chi connectivity index (χ0) is 22.2. The molecule has 2 N–H and O–H groups in total. The molecule has 0 saturated heterocycles. The van der Waals surface area contributed by atoms with Crippen molar-refractivity contribution in [1.29, 1.82) is 0 Å². The van der Waals surface area contributed by atoms with Crippen LogP contribution in [0, 0.1) is 0 Å². The van der Waals surface area contributed by atoms with Gasteiger partial charge < -0.3 is 29.3 Å². The van der Waals surface area contributed by atoms with Crippen LogP contribution < -0.4 is 24.8 Å². The molecule has 1 aliphatic rings. The molecule has 3 aromatic rings. The van der Waals surface area contributed by atoms with Crippen molar-refractivity contribution in [2.24, 2.45) is 4.99 Å². The monoisotopic (exact) mass is 435 g/mol. The molecule has 0 amide bonds. The van der Waals surface area contributed by atoms with Gasteiger partial charge in [0.2, 0.25) is 0 Å². The maximum absolute atomic E-state index is 5.81. The van der Waals surface area contributed by atoms with Crippen molar-refractivity contribution in [3.8, 4) is 17.2 Å². The molecule has 1 aromatic heterocycles. The van der Waals surface area contributed by atoms with E-state index in [2.05, 4.69) is 16.7 Å². The van der Waals surface area contributed by atoms with Crippen LogP contribution in [0.25, 0.3) is 0 Å². The number of furan rings is 1. The van der Waals surface area contributed by atoms with Gasteiger partial charge in [-0.3, -0.25) is 0 Å². The first kappa shape index (κ1) is 21.6. The lowest BCUT2D eigenvalue weighted by molar-refractivity contribution is 0.261. The number of benzene rings is 2. The Bertz CT molecular complexity index is 1030. The normalized spacial score (nSPS) is 15.4. The molecule has 7 heteroatoms. The van der Waals surface area contributed by atoms with Crippen LogP contribution in [0.15, 0.2) is 70.3 Å². The van der Waals surface area contributed by atoms with Crippen molar-refractivity contribution in [1.82, 2.24) is 10.6 Å². The van der Waals surface area contributed by atoms with E-state index in [-0.39, 0.29) is 6.04 Å². The van der Waals surface area contributed by atoms with E-state index in [1.807, 2.05) is 48.5 Å². The minimum absolute atomic E-state index is 0.118. The molecule has 0 spiro atoms. The number of rotatable bonds is 8. The summed E-state index contributed by atoms with van der Waals surface area (Å²) in [5.74, 6) is 4.09. The molecular formula is C25H29N3O4. The van der Waals surface area contributed by atoms with Gasteiger partial charge >= 0.3 is 0 Å². The molecule has 1 atom stereocenters. The van der Waals surface area contributed by atoms with Crippen LogP contribution in [0.5, 0.6) is 17.2 Å². The summed E-state index contributed by atoms with van der Waals surface area (Å²) in [4.78, 5) is 4.85. The highest BCUT2D eigenvalue weighted by atomic mass is 16.5. The second-order valence-electron chi connectivity index (χ2n) is 7.47. The van der Waals surface area contributed by atoms with Gasteiger partial charge in [0.15, 0.2) is 5.96 Å². The zero-order valence-corrected chi connectivity index (χ0v) is 18.5. The lowest BCUT2D eigenvalue weighted by Crippen LogP contribution is -2.41. The summed E-state index contributed by atoms with van der Waals surface area (Å²) in [5, 5.41) is 7.02. The smallest absolute Gasteiger partial charge is 0.192 e. The van der Waals surface area contributed by atoms with E-state index in [0.29, 0.717) is 19.7 Å². The first-order chi connectivity index (χ1) is 15.8. The average Bonchev–Trinajstić information content (AvgIpc) is 3.36. The average molecular weight is 436 g/mol. The number of aliphatic imine (C=N–C) groups is 1. The van der Waals surface area contributed by atoms with Crippen LogP contribution in [0.4, 0.5) is 0 Å². The van der Waals surface area contributed by atoms with Crippen LogP contribution in [-0.4, -0.2) is 33.3 Å². The molecule has 0 bridgehead atoms. The Hall–Kier alpha value is -3.61. The van der Waals surface area contributed by atoms with E-state index in [4.69, 9.17) is 23.6 Å². The van der Waals surface area contributed by atoms with Crippen molar-refractivity contribution in [2.45, 2.75) is 25.4 Å². The van der Waals surface area contributed by atoms with Gasteiger partial charge in [-0.05, 0) is 30.3 Å². The number of nitrogens with one attached hydrogen (secondary N) is 2. The molecule has 4 rings (SSSR count). The van der Waals surface area contributed by atoms with E-state index < -0.39 is 0 Å². The number of nitrogens with zero attached hydrogens (tertiary/aromatic N) is 1. The van der Waals surface area contributed by atoms with Crippen molar-refractivity contribution in [3.05, 3.63) is 77.7 Å².